The molecule has 1 N–H and O–H groups in total. The standard InChI is InChI=1S/C27H31N7O2/c1-18-6-7-28-23(12-18)31-24-15-25(30-17-29-24)32-8-10-33(11-9-32)27(36)21-14-26(35)34(16-21)22-5-4-19(2)20(3)13-22/h4-7,12-13,15,17,21H,8-11,14,16H2,1-3H3,(H,28,29,30,31). The van der Waals surface area contributed by atoms with E-state index < -0.39 is 0 Å². The number of anilines is 4. The van der Waals surface area contributed by atoms with Crippen LogP contribution < -0.4 is 15.1 Å². The van der Waals surface area contributed by atoms with Crippen molar-refractivity contribution in [2.75, 3.05) is 47.8 Å². The molecule has 36 heavy (non-hydrogen) atoms. The van der Waals surface area contributed by atoms with Gasteiger partial charge in [0.2, 0.25) is 11.8 Å². The highest BCUT2D eigenvalue weighted by Gasteiger charge is 2.38. The lowest BCUT2D eigenvalue weighted by molar-refractivity contribution is -0.136. The summed E-state index contributed by atoms with van der Waals surface area (Å²) in [4.78, 5) is 44.8. The number of piperazine rings is 1. The monoisotopic (exact) mass is 485 g/mol. The summed E-state index contributed by atoms with van der Waals surface area (Å²) >= 11 is 0. The van der Waals surface area contributed by atoms with Gasteiger partial charge in [-0.1, -0.05) is 6.07 Å². The lowest BCUT2D eigenvalue weighted by Gasteiger charge is -2.36. The summed E-state index contributed by atoms with van der Waals surface area (Å²) in [5, 5.41) is 3.23. The van der Waals surface area contributed by atoms with Crippen LogP contribution in [0.2, 0.25) is 0 Å². The van der Waals surface area contributed by atoms with E-state index in [2.05, 4.69) is 32.1 Å². The predicted octanol–water partition coefficient (Wildman–Crippen LogP) is 3.24. The van der Waals surface area contributed by atoms with Gasteiger partial charge in [-0.05, 0) is 61.7 Å². The normalized spacial score (nSPS) is 18.0. The van der Waals surface area contributed by atoms with Crippen LogP contribution in [0, 0.1) is 26.7 Å². The van der Waals surface area contributed by atoms with Crippen LogP contribution in [0.1, 0.15) is 23.1 Å². The van der Waals surface area contributed by atoms with Crippen LogP contribution in [0.25, 0.3) is 0 Å². The van der Waals surface area contributed by atoms with Crippen LogP contribution in [0.15, 0.2) is 48.9 Å². The number of hydrogen-bond acceptors (Lipinski definition) is 7. The van der Waals surface area contributed by atoms with Crippen molar-refractivity contribution in [1.29, 1.82) is 0 Å². The Morgan fingerprint density at radius 2 is 1.69 bits per heavy atom. The second kappa shape index (κ2) is 9.93. The van der Waals surface area contributed by atoms with Gasteiger partial charge >= 0.3 is 0 Å². The number of hydrogen-bond donors (Lipinski definition) is 1. The number of aromatic nitrogens is 3. The fourth-order valence-electron chi connectivity index (χ4n) is 4.75. The molecule has 2 aromatic heterocycles. The van der Waals surface area contributed by atoms with Gasteiger partial charge in [-0.15, -0.1) is 0 Å². The number of carbonyl (C=O) groups excluding carboxylic acids is 2. The van der Waals surface area contributed by atoms with E-state index in [-0.39, 0.29) is 24.2 Å². The van der Waals surface area contributed by atoms with Crippen LogP contribution in [0.5, 0.6) is 0 Å². The zero-order valence-electron chi connectivity index (χ0n) is 20.9. The zero-order valence-corrected chi connectivity index (χ0v) is 20.9. The Labute approximate surface area is 211 Å². The summed E-state index contributed by atoms with van der Waals surface area (Å²) in [5.41, 5.74) is 4.32. The molecule has 5 rings (SSSR count). The summed E-state index contributed by atoms with van der Waals surface area (Å²) < 4.78 is 0. The Balaban J connectivity index is 1.18. The third-order valence-corrected chi connectivity index (χ3v) is 7.02. The molecule has 2 aliphatic heterocycles. The molecule has 3 aromatic rings. The number of amides is 2. The molecule has 1 aromatic carbocycles. The molecule has 0 radical (unpaired) electrons. The molecule has 2 fully saturated rings. The van der Waals surface area contributed by atoms with Gasteiger partial charge in [0, 0.05) is 57.1 Å². The highest BCUT2D eigenvalue weighted by atomic mass is 16.2. The van der Waals surface area contributed by atoms with E-state index in [0.29, 0.717) is 38.5 Å². The van der Waals surface area contributed by atoms with Crippen LogP contribution >= 0.6 is 0 Å². The molecule has 0 spiro atoms. The zero-order chi connectivity index (χ0) is 25.2. The van der Waals surface area contributed by atoms with Gasteiger partial charge in [0.25, 0.3) is 0 Å². The van der Waals surface area contributed by atoms with Gasteiger partial charge in [0.1, 0.15) is 23.8 Å². The largest absolute Gasteiger partial charge is 0.353 e. The summed E-state index contributed by atoms with van der Waals surface area (Å²) in [6, 6.07) is 11.8. The van der Waals surface area contributed by atoms with E-state index in [1.807, 2.05) is 55.1 Å². The molecule has 4 heterocycles. The average molecular weight is 486 g/mol. The molecular formula is C27H31N7O2. The summed E-state index contributed by atoms with van der Waals surface area (Å²) in [6.45, 7) is 9.09. The van der Waals surface area contributed by atoms with Crippen molar-refractivity contribution in [3.63, 3.8) is 0 Å². The third kappa shape index (κ3) is 5.00. The van der Waals surface area contributed by atoms with Crippen molar-refractivity contribution in [1.82, 2.24) is 19.9 Å². The van der Waals surface area contributed by atoms with Gasteiger partial charge in [0.05, 0.1) is 5.92 Å². The SMILES string of the molecule is Cc1ccnc(Nc2cc(N3CCN(C(=O)C4CC(=O)N(c5ccc(C)c(C)c5)C4)CC3)ncn2)c1. The minimum absolute atomic E-state index is 0.0133. The van der Waals surface area contributed by atoms with Crippen LogP contribution in [-0.2, 0) is 9.59 Å². The first-order valence-corrected chi connectivity index (χ1v) is 12.3. The lowest BCUT2D eigenvalue weighted by atomic mass is 10.1. The Hall–Kier alpha value is -4.01. The van der Waals surface area contributed by atoms with E-state index in [4.69, 9.17) is 0 Å². The Morgan fingerprint density at radius 3 is 2.44 bits per heavy atom. The molecular weight excluding hydrogens is 454 g/mol. The van der Waals surface area contributed by atoms with Crippen LogP contribution in [0.4, 0.5) is 23.1 Å². The number of nitrogens with zero attached hydrogens (tertiary/aromatic N) is 6. The first-order chi connectivity index (χ1) is 17.4. The fourth-order valence-corrected chi connectivity index (χ4v) is 4.75. The smallest absolute Gasteiger partial charge is 0.228 e. The molecule has 2 saturated heterocycles. The third-order valence-electron chi connectivity index (χ3n) is 7.02. The Bertz CT molecular complexity index is 1290. The first-order valence-electron chi connectivity index (χ1n) is 12.3. The maximum absolute atomic E-state index is 13.3. The summed E-state index contributed by atoms with van der Waals surface area (Å²) in [6.07, 6.45) is 3.56. The molecule has 2 aliphatic rings. The fraction of sp³-hybridized carbons (Fsp3) is 0.370. The molecule has 9 nitrogen and oxygen atoms in total. The van der Waals surface area contributed by atoms with Gasteiger partial charge in [-0.25, -0.2) is 15.0 Å². The van der Waals surface area contributed by atoms with Crippen molar-refractivity contribution >= 4 is 35.0 Å². The molecule has 0 saturated carbocycles. The van der Waals surface area contributed by atoms with Gasteiger partial charge in [0.15, 0.2) is 0 Å². The molecule has 9 heteroatoms. The Morgan fingerprint density at radius 1 is 0.917 bits per heavy atom. The number of nitrogens with one attached hydrogen (secondary N) is 1. The highest BCUT2D eigenvalue weighted by molar-refractivity contribution is 6.00. The Kier molecular flexibility index (Phi) is 6.54. The van der Waals surface area contributed by atoms with Crippen molar-refractivity contribution < 1.29 is 9.59 Å². The van der Waals surface area contributed by atoms with E-state index >= 15 is 0 Å². The average Bonchev–Trinajstić information content (AvgIpc) is 3.27. The van der Waals surface area contributed by atoms with E-state index in [1.54, 1.807) is 11.1 Å². The topological polar surface area (TPSA) is 94.6 Å². The quantitative estimate of drug-likeness (QED) is 0.593. The van der Waals surface area contributed by atoms with Crippen molar-refractivity contribution in [3.8, 4) is 0 Å². The maximum atomic E-state index is 13.3. The molecule has 1 unspecified atom stereocenters. The van der Waals surface area contributed by atoms with Gasteiger partial charge in [-0.2, -0.15) is 0 Å². The van der Waals surface area contributed by atoms with E-state index in [0.717, 1.165) is 28.5 Å². The summed E-state index contributed by atoms with van der Waals surface area (Å²) in [7, 11) is 0. The minimum Gasteiger partial charge on any atom is -0.353 e. The van der Waals surface area contributed by atoms with E-state index in [9.17, 15) is 9.59 Å². The second-order valence-corrected chi connectivity index (χ2v) is 9.59. The number of aryl methyl sites for hydroxylation is 3. The van der Waals surface area contributed by atoms with Crippen molar-refractivity contribution in [2.45, 2.75) is 27.2 Å². The minimum atomic E-state index is -0.303. The van der Waals surface area contributed by atoms with Crippen molar-refractivity contribution in [3.05, 3.63) is 65.6 Å². The highest BCUT2D eigenvalue weighted by Crippen LogP contribution is 2.28. The molecule has 1 atom stereocenters. The molecule has 0 bridgehead atoms. The molecule has 2 amide bonds. The number of pyridine rings is 1. The maximum Gasteiger partial charge on any atom is 0.228 e. The van der Waals surface area contributed by atoms with Crippen LogP contribution in [-0.4, -0.2) is 64.4 Å². The van der Waals surface area contributed by atoms with E-state index in [1.165, 1.54) is 11.9 Å². The van der Waals surface area contributed by atoms with Gasteiger partial charge < -0.3 is 20.0 Å². The molecule has 0 aliphatic carbocycles. The second-order valence-electron chi connectivity index (χ2n) is 9.59. The summed E-state index contributed by atoms with van der Waals surface area (Å²) in [5.74, 6) is 1.99. The van der Waals surface area contributed by atoms with Gasteiger partial charge in [-0.3, -0.25) is 9.59 Å². The first kappa shape index (κ1) is 23.7. The number of benzene rings is 1. The lowest BCUT2D eigenvalue weighted by Crippen LogP contribution is -2.51. The predicted molar refractivity (Wildman–Crippen MR) is 139 cm³/mol. The molecule has 186 valence electrons. The number of rotatable bonds is 5. The van der Waals surface area contributed by atoms with Crippen molar-refractivity contribution in [2.24, 2.45) is 5.92 Å². The van der Waals surface area contributed by atoms with Crippen LogP contribution in [0.3, 0.4) is 0 Å². The number of carbonyl (C=O) groups is 2.